The molecule has 0 aliphatic heterocycles. The number of benzene rings is 1. The first-order valence-electron chi connectivity index (χ1n) is 6.77. The molecule has 0 aromatic heterocycles. The second-order valence-corrected chi connectivity index (χ2v) is 5.13. The fourth-order valence-electron chi connectivity index (χ4n) is 2.32. The lowest BCUT2D eigenvalue weighted by Gasteiger charge is -2.26. The molecule has 18 heavy (non-hydrogen) atoms. The SMILES string of the molecule is CCCN(CCC)c1ccc(C(C)(N)O)c(C)c1. The second-order valence-electron chi connectivity index (χ2n) is 5.13. The van der Waals surface area contributed by atoms with Gasteiger partial charge in [-0.25, -0.2) is 0 Å². The van der Waals surface area contributed by atoms with Crippen molar-refractivity contribution >= 4 is 5.69 Å². The van der Waals surface area contributed by atoms with Crippen molar-refractivity contribution in [3.05, 3.63) is 29.3 Å². The number of aliphatic hydroxyl groups is 1. The Labute approximate surface area is 111 Å². The molecule has 0 fully saturated rings. The molecule has 0 radical (unpaired) electrons. The third-order valence-electron chi connectivity index (χ3n) is 3.11. The van der Waals surface area contributed by atoms with E-state index in [2.05, 4.69) is 30.9 Å². The van der Waals surface area contributed by atoms with Crippen molar-refractivity contribution < 1.29 is 5.11 Å². The van der Waals surface area contributed by atoms with Gasteiger partial charge >= 0.3 is 0 Å². The Morgan fingerprint density at radius 3 is 2.17 bits per heavy atom. The number of rotatable bonds is 6. The summed E-state index contributed by atoms with van der Waals surface area (Å²) in [5.41, 5.74) is 7.52. The Bertz CT molecular complexity index is 377. The van der Waals surface area contributed by atoms with Crippen LogP contribution in [-0.4, -0.2) is 18.2 Å². The van der Waals surface area contributed by atoms with E-state index in [1.807, 2.05) is 13.0 Å². The molecule has 0 saturated heterocycles. The van der Waals surface area contributed by atoms with Crippen molar-refractivity contribution in [3.8, 4) is 0 Å². The molecule has 0 saturated carbocycles. The Kier molecular flexibility index (Phi) is 5.17. The highest BCUT2D eigenvalue weighted by Gasteiger charge is 2.19. The fourth-order valence-corrected chi connectivity index (χ4v) is 2.32. The molecule has 0 bridgehead atoms. The third-order valence-corrected chi connectivity index (χ3v) is 3.11. The number of hydrogen-bond donors (Lipinski definition) is 2. The zero-order chi connectivity index (χ0) is 13.8. The maximum absolute atomic E-state index is 9.87. The molecule has 0 aliphatic rings. The quantitative estimate of drug-likeness (QED) is 0.763. The standard InChI is InChI=1S/C15H26N2O/c1-5-9-17(10-6-2)13-7-8-14(12(3)11-13)15(4,16)18/h7-8,11,18H,5-6,9-10,16H2,1-4H3. The van der Waals surface area contributed by atoms with Gasteiger partial charge in [0.2, 0.25) is 0 Å². The van der Waals surface area contributed by atoms with Gasteiger partial charge in [-0.3, -0.25) is 0 Å². The average Bonchev–Trinajstić information content (AvgIpc) is 2.27. The van der Waals surface area contributed by atoms with Gasteiger partial charge in [0.15, 0.2) is 0 Å². The largest absolute Gasteiger partial charge is 0.372 e. The molecular weight excluding hydrogens is 224 g/mol. The Balaban J connectivity index is 3.01. The highest BCUT2D eigenvalue weighted by molar-refractivity contribution is 5.51. The van der Waals surface area contributed by atoms with Crippen molar-refractivity contribution in [1.29, 1.82) is 0 Å². The number of nitrogens with two attached hydrogens (primary N) is 1. The molecule has 0 amide bonds. The predicted octanol–water partition coefficient (Wildman–Crippen LogP) is 2.75. The number of anilines is 1. The van der Waals surface area contributed by atoms with Crippen LogP contribution in [0.2, 0.25) is 0 Å². The summed E-state index contributed by atoms with van der Waals surface area (Å²) in [6.45, 7) is 10.1. The van der Waals surface area contributed by atoms with Crippen LogP contribution in [0.15, 0.2) is 18.2 Å². The van der Waals surface area contributed by atoms with Crippen LogP contribution >= 0.6 is 0 Å². The maximum Gasteiger partial charge on any atom is 0.137 e. The monoisotopic (exact) mass is 250 g/mol. The fraction of sp³-hybridized carbons (Fsp3) is 0.600. The van der Waals surface area contributed by atoms with E-state index in [-0.39, 0.29) is 0 Å². The van der Waals surface area contributed by atoms with Crippen LogP contribution in [0.5, 0.6) is 0 Å². The van der Waals surface area contributed by atoms with Crippen LogP contribution in [0.3, 0.4) is 0 Å². The molecule has 0 spiro atoms. The lowest BCUT2D eigenvalue weighted by atomic mass is 9.99. The predicted molar refractivity (Wildman–Crippen MR) is 77.7 cm³/mol. The first-order chi connectivity index (χ1) is 8.40. The van der Waals surface area contributed by atoms with Crippen LogP contribution in [-0.2, 0) is 5.72 Å². The molecule has 0 aliphatic carbocycles. The van der Waals surface area contributed by atoms with Gasteiger partial charge in [-0.05, 0) is 44.4 Å². The normalized spacial score (nSPS) is 14.3. The van der Waals surface area contributed by atoms with Gasteiger partial charge in [0, 0.05) is 24.3 Å². The lowest BCUT2D eigenvalue weighted by Crippen LogP contribution is -2.33. The first-order valence-corrected chi connectivity index (χ1v) is 6.77. The van der Waals surface area contributed by atoms with Gasteiger partial charge in [-0.1, -0.05) is 19.9 Å². The highest BCUT2D eigenvalue weighted by atomic mass is 16.3. The van der Waals surface area contributed by atoms with Gasteiger partial charge in [-0.2, -0.15) is 0 Å². The summed E-state index contributed by atoms with van der Waals surface area (Å²) in [4.78, 5) is 2.38. The molecule has 102 valence electrons. The van der Waals surface area contributed by atoms with Crippen molar-refractivity contribution in [2.24, 2.45) is 5.73 Å². The summed E-state index contributed by atoms with van der Waals surface area (Å²) >= 11 is 0. The maximum atomic E-state index is 9.87. The summed E-state index contributed by atoms with van der Waals surface area (Å²) in [7, 11) is 0. The minimum Gasteiger partial charge on any atom is -0.372 e. The summed E-state index contributed by atoms with van der Waals surface area (Å²) < 4.78 is 0. The van der Waals surface area contributed by atoms with Crippen LogP contribution in [0.4, 0.5) is 5.69 Å². The molecule has 3 nitrogen and oxygen atoms in total. The van der Waals surface area contributed by atoms with E-state index in [0.717, 1.165) is 37.1 Å². The number of aryl methyl sites for hydroxylation is 1. The van der Waals surface area contributed by atoms with Gasteiger partial charge in [0.1, 0.15) is 5.72 Å². The van der Waals surface area contributed by atoms with Crippen molar-refractivity contribution in [2.75, 3.05) is 18.0 Å². The van der Waals surface area contributed by atoms with Crippen molar-refractivity contribution in [2.45, 2.75) is 46.3 Å². The molecule has 0 heterocycles. The molecule has 1 aromatic carbocycles. The summed E-state index contributed by atoms with van der Waals surface area (Å²) in [5.74, 6) is 0. The summed E-state index contributed by atoms with van der Waals surface area (Å²) in [6, 6.07) is 6.10. The van der Waals surface area contributed by atoms with Crippen LogP contribution < -0.4 is 10.6 Å². The third kappa shape index (κ3) is 3.72. The van der Waals surface area contributed by atoms with E-state index in [0.29, 0.717) is 0 Å². The number of hydrogen-bond acceptors (Lipinski definition) is 3. The molecule has 3 heteroatoms. The molecule has 1 atom stereocenters. The van der Waals surface area contributed by atoms with E-state index in [9.17, 15) is 5.11 Å². The highest BCUT2D eigenvalue weighted by Crippen LogP contribution is 2.24. The molecule has 1 unspecified atom stereocenters. The van der Waals surface area contributed by atoms with E-state index < -0.39 is 5.72 Å². The van der Waals surface area contributed by atoms with Crippen LogP contribution in [0.25, 0.3) is 0 Å². The molecule has 1 rings (SSSR count). The minimum absolute atomic E-state index is 0.791. The van der Waals surface area contributed by atoms with Crippen molar-refractivity contribution in [1.82, 2.24) is 0 Å². The Morgan fingerprint density at radius 2 is 1.78 bits per heavy atom. The minimum atomic E-state index is -1.26. The Morgan fingerprint density at radius 1 is 1.22 bits per heavy atom. The summed E-state index contributed by atoms with van der Waals surface area (Å²) in [5, 5.41) is 9.87. The van der Waals surface area contributed by atoms with E-state index in [1.54, 1.807) is 6.92 Å². The van der Waals surface area contributed by atoms with Gasteiger partial charge in [0.25, 0.3) is 0 Å². The molecular formula is C15H26N2O. The smallest absolute Gasteiger partial charge is 0.137 e. The van der Waals surface area contributed by atoms with Crippen LogP contribution in [0.1, 0.15) is 44.7 Å². The lowest BCUT2D eigenvalue weighted by molar-refractivity contribution is 0.0641. The molecule has 1 aromatic rings. The van der Waals surface area contributed by atoms with E-state index in [1.165, 1.54) is 5.69 Å². The summed E-state index contributed by atoms with van der Waals surface area (Å²) in [6.07, 6.45) is 2.27. The topological polar surface area (TPSA) is 49.5 Å². The van der Waals surface area contributed by atoms with Gasteiger partial charge in [0.05, 0.1) is 0 Å². The average molecular weight is 250 g/mol. The second kappa shape index (κ2) is 6.21. The zero-order valence-corrected chi connectivity index (χ0v) is 12.0. The number of nitrogens with zero attached hydrogens (tertiary/aromatic N) is 1. The van der Waals surface area contributed by atoms with Gasteiger partial charge in [-0.15, -0.1) is 0 Å². The molecule has 3 N–H and O–H groups in total. The zero-order valence-electron chi connectivity index (χ0n) is 12.0. The van der Waals surface area contributed by atoms with E-state index in [4.69, 9.17) is 5.73 Å². The van der Waals surface area contributed by atoms with Crippen LogP contribution in [0, 0.1) is 6.92 Å². The van der Waals surface area contributed by atoms with Crippen molar-refractivity contribution in [3.63, 3.8) is 0 Å². The van der Waals surface area contributed by atoms with E-state index >= 15 is 0 Å². The first kappa shape index (κ1) is 15.0. The Hall–Kier alpha value is -1.06. The van der Waals surface area contributed by atoms with Gasteiger partial charge < -0.3 is 15.7 Å².